The molecule has 6 nitrogen and oxygen atoms in total. The van der Waals surface area contributed by atoms with E-state index in [4.69, 9.17) is 16.3 Å². The van der Waals surface area contributed by atoms with E-state index in [0.29, 0.717) is 10.2 Å². The van der Waals surface area contributed by atoms with Gasteiger partial charge in [0.05, 0.1) is 29.0 Å². The smallest absolute Gasteiger partial charge is 0.265 e. The molecule has 0 amide bonds. The second-order valence-corrected chi connectivity index (χ2v) is 7.64. The molecule has 2 N–H and O–H groups in total. The first kappa shape index (κ1) is 16.1. The normalized spacial score (nSPS) is 11.6. The number of benzene rings is 2. The number of nitrogens with one attached hydrogen (secondary N) is 2. The van der Waals surface area contributed by atoms with E-state index in [9.17, 15) is 8.42 Å². The molecule has 0 saturated carbocycles. The molecule has 0 bridgehead atoms. The number of methoxy groups -OCH3 is 1. The molecule has 0 fully saturated rings. The topological polar surface area (TPSA) is 84.1 Å². The molecule has 3 rings (SSSR count). The Labute approximate surface area is 146 Å². The van der Waals surface area contributed by atoms with Gasteiger partial charge in [0.1, 0.15) is 4.90 Å². The molecule has 2 aromatic carbocycles. The summed E-state index contributed by atoms with van der Waals surface area (Å²) in [6.07, 6.45) is 1.66. The highest BCUT2D eigenvalue weighted by Crippen LogP contribution is 2.36. The maximum absolute atomic E-state index is 12.7. The SMILES string of the molecule is COc1c(Br)cc(Cl)cc1S(=O)(=O)Nc1ccc2cn[nH]c2c1. The van der Waals surface area contributed by atoms with Crippen molar-refractivity contribution in [3.8, 4) is 5.75 Å². The van der Waals surface area contributed by atoms with E-state index in [1.807, 2.05) is 0 Å². The van der Waals surface area contributed by atoms with Crippen molar-refractivity contribution >= 4 is 54.1 Å². The highest BCUT2D eigenvalue weighted by Gasteiger charge is 2.23. The van der Waals surface area contributed by atoms with E-state index in [1.165, 1.54) is 13.2 Å². The summed E-state index contributed by atoms with van der Waals surface area (Å²) in [6.45, 7) is 0. The Balaban J connectivity index is 2.04. The summed E-state index contributed by atoms with van der Waals surface area (Å²) in [4.78, 5) is -0.0518. The van der Waals surface area contributed by atoms with Crippen LogP contribution < -0.4 is 9.46 Å². The summed E-state index contributed by atoms with van der Waals surface area (Å²) in [5, 5.41) is 7.85. The lowest BCUT2D eigenvalue weighted by molar-refractivity contribution is 0.400. The van der Waals surface area contributed by atoms with Crippen LogP contribution >= 0.6 is 27.5 Å². The number of rotatable bonds is 4. The van der Waals surface area contributed by atoms with Crippen LogP contribution in [-0.2, 0) is 10.0 Å². The third-order valence-electron chi connectivity index (χ3n) is 3.16. The molecule has 0 radical (unpaired) electrons. The highest BCUT2D eigenvalue weighted by atomic mass is 79.9. The largest absolute Gasteiger partial charge is 0.494 e. The molecule has 0 atom stereocenters. The molecule has 1 aromatic heterocycles. The zero-order valence-corrected chi connectivity index (χ0v) is 15.0. The van der Waals surface area contributed by atoms with Gasteiger partial charge >= 0.3 is 0 Å². The van der Waals surface area contributed by atoms with Gasteiger partial charge in [-0.05, 0) is 46.3 Å². The number of hydrogen-bond acceptors (Lipinski definition) is 4. The fraction of sp³-hybridized carbons (Fsp3) is 0.0714. The Morgan fingerprint density at radius 3 is 2.83 bits per heavy atom. The molecular formula is C14H11BrClN3O3S. The Morgan fingerprint density at radius 1 is 1.30 bits per heavy atom. The maximum Gasteiger partial charge on any atom is 0.265 e. The zero-order chi connectivity index (χ0) is 16.6. The quantitative estimate of drug-likeness (QED) is 0.678. The van der Waals surface area contributed by atoms with Crippen molar-refractivity contribution in [2.24, 2.45) is 0 Å². The molecule has 0 saturated heterocycles. The summed E-state index contributed by atoms with van der Waals surface area (Å²) in [6, 6.07) is 7.98. The Kier molecular flexibility index (Phi) is 4.22. The molecule has 0 unspecified atom stereocenters. The number of anilines is 1. The molecule has 0 spiro atoms. The number of halogens is 2. The lowest BCUT2D eigenvalue weighted by Gasteiger charge is -2.13. The predicted molar refractivity (Wildman–Crippen MR) is 92.6 cm³/mol. The molecule has 3 aromatic rings. The Hall–Kier alpha value is -1.77. The summed E-state index contributed by atoms with van der Waals surface area (Å²) in [7, 11) is -2.48. The molecule has 120 valence electrons. The zero-order valence-electron chi connectivity index (χ0n) is 11.8. The van der Waals surface area contributed by atoms with Crippen LogP contribution in [0.3, 0.4) is 0 Å². The third-order valence-corrected chi connectivity index (χ3v) is 5.36. The number of aromatic nitrogens is 2. The molecular weight excluding hydrogens is 406 g/mol. The molecule has 23 heavy (non-hydrogen) atoms. The third kappa shape index (κ3) is 3.15. The van der Waals surface area contributed by atoms with Crippen molar-refractivity contribution < 1.29 is 13.2 Å². The van der Waals surface area contributed by atoms with E-state index in [-0.39, 0.29) is 15.7 Å². The molecule has 9 heteroatoms. The summed E-state index contributed by atoms with van der Waals surface area (Å²) in [5.74, 6) is 0.185. The second-order valence-electron chi connectivity index (χ2n) is 4.70. The van der Waals surface area contributed by atoms with Gasteiger partial charge < -0.3 is 4.74 Å². The van der Waals surface area contributed by atoms with Gasteiger partial charge in [0.2, 0.25) is 0 Å². The maximum atomic E-state index is 12.7. The number of sulfonamides is 1. The van der Waals surface area contributed by atoms with Gasteiger partial charge in [-0.3, -0.25) is 9.82 Å². The first-order chi connectivity index (χ1) is 10.9. The van der Waals surface area contributed by atoms with Crippen LogP contribution in [0.5, 0.6) is 5.75 Å². The summed E-state index contributed by atoms with van der Waals surface area (Å²) in [5.41, 5.74) is 1.13. The number of ether oxygens (including phenoxy) is 1. The van der Waals surface area contributed by atoms with Crippen LogP contribution in [0.15, 0.2) is 45.9 Å². The number of fused-ring (bicyclic) bond motifs is 1. The molecule has 1 heterocycles. The standard InChI is InChI=1S/C14H11BrClN3O3S/c1-22-14-11(15)4-9(16)5-13(14)23(20,21)19-10-3-2-8-7-17-18-12(8)6-10/h2-7,19H,1H3,(H,17,18). The predicted octanol–water partition coefficient (Wildman–Crippen LogP) is 3.79. The van der Waals surface area contributed by atoms with Crippen molar-refractivity contribution in [1.29, 1.82) is 0 Å². The number of aromatic amines is 1. The molecule has 0 aliphatic rings. The van der Waals surface area contributed by atoms with Crippen molar-refractivity contribution in [2.45, 2.75) is 4.90 Å². The van der Waals surface area contributed by atoms with Crippen molar-refractivity contribution in [1.82, 2.24) is 10.2 Å². The van der Waals surface area contributed by atoms with Gasteiger partial charge in [0, 0.05) is 10.4 Å². The summed E-state index contributed by atoms with van der Waals surface area (Å²) < 4.78 is 33.5. The first-order valence-corrected chi connectivity index (χ1v) is 9.05. The Bertz CT molecular complexity index is 988. The fourth-order valence-corrected chi connectivity index (χ4v) is 4.58. The minimum Gasteiger partial charge on any atom is -0.494 e. The monoisotopic (exact) mass is 415 g/mol. The van der Waals surface area contributed by atoms with E-state index in [1.54, 1.807) is 30.5 Å². The minimum atomic E-state index is -3.88. The van der Waals surface area contributed by atoms with Crippen LogP contribution in [0.4, 0.5) is 5.69 Å². The van der Waals surface area contributed by atoms with Crippen LogP contribution in [0.2, 0.25) is 5.02 Å². The second kappa shape index (κ2) is 6.03. The van der Waals surface area contributed by atoms with E-state index < -0.39 is 10.0 Å². The first-order valence-electron chi connectivity index (χ1n) is 6.40. The van der Waals surface area contributed by atoms with E-state index >= 15 is 0 Å². The van der Waals surface area contributed by atoms with Gasteiger partial charge in [0.15, 0.2) is 5.75 Å². The van der Waals surface area contributed by atoms with E-state index in [0.717, 1.165) is 10.9 Å². The van der Waals surface area contributed by atoms with Crippen molar-refractivity contribution in [2.75, 3.05) is 11.8 Å². The number of nitrogens with zero attached hydrogens (tertiary/aromatic N) is 1. The average Bonchev–Trinajstić information content (AvgIpc) is 2.93. The van der Waals surface area contributed by atoms with Crippen molar-refractivity contribution in [3.63, 3.8) is 0 Å². The van der Waals surface area contributed by atoms with Crippen LogP contribution in [0, 0.1) is 0 Å². The Morgan fingerprint density at radius 2 is 2.09 bits per heavy atom. The molecule has 0 aliphatic heterocycles. The van der Waals surface area contributed by atoms with Crippen LogP contribution in [0.1, 0.15) is 0 Å². The number of hydrogen-bond donors (Lipinski definition) is 2. The average molecular weight is 417 g/mol. The van der Waals surface area contributed by atoms with Gasteiger partial charge in [0.25, 0.3) is 10.0 Å². The lowest BCUT2D eigenvalue weighted by atomic mass is 10.2. The lowest BCUT2D eigenvalue weighted by Crippen LogP contribution is -2.14. The van der Waals surface area contributed by atoms with Gasteiger partial charge in [-0.15, -0.1) is 0 Å². The van der Waals surface area contributed by atoms with Crippen molar-refractivity contribution in [3.05, 3.63) is 46.0 Å². The summed E-state index contributed by atoms with van der Waals surface area (Å²) >= 11 is 9.21. The van der Waals surface area contributed by atoms with Crippen LogP contribution in [-0.4, -0.2) is 25.7 Å². The molecule has 0 aliphatic carbocycles. The van der Waals surface area contributed by atoms with Gasteiger partial charge in [-0.2, -0.15) is 5.10 Å². The van der Waals surface area contributed by atoms with E-state index in [2.05, 4.69) is 30.8 Å². The fourth-order valence-electron chi connectivity index (χ4n) is 2.15. The highest BCUT2D eigenvalue weighted by molar-refractivity contribution is 9.10. The van der Waals surface area contributed by atoms with Gasteiger partial charge in [-0.25, -0.2) is 8.42 Å². The number of H-pyrrole nitrogens is 1. The van der Waals surface area contributed by atoms with Crippen LogP contribution in [0.25, 0.3) is 10.9 Å². The minimum absolute atomic E-state index is 0.0518. The van der Waals surface area contributed by atoms with Gasteiger partial charge in [-0.1, -0.05) is 11.6 Å².